The summed E-state index contributed by atoms with van der Waals surface area (Å²) in [6.07, 6.45) is 2.40. The van der Waals surface area contributed by atoms with Crippen molar-refractivity contribution in [1.29, 1.82) is 0 Å². The Morgan fingerprint density at radius 2 is 2.23 bits per heavy atom. The Bertz CT molecular complexity index is 360. The van der Waals surface area contributed by atoms with Gasteiger partial charge in [-0.2, -0.15) is 0 Å². The first kappa shape index (κ1) is 7.91. The van der Waals surface area contributed by atoms with Gasteiger partial charge < -0.3 is 10.1 Å². The summed E-state index contributed by atoms with van der Waals surface area (Å²) < 4.78 is 7.17. The van der Waals surface area contributed by atoms with Gasteiger partial charge in [-0.1, -0.05) is 0 Å². The van der Waals surface area contributed by atoms with Crippen molar-refractivity contribution in [3.8, 4) is 5.75 Å². The molecular weight excluding hydrogens is 277 g/mol. The number of halogens is 1. The van der Waals surface area contributed by atoms with Gasteiger partial charge in [-0.25, -0.2) is 0 Å². The van der Waals surface area contributed by atoms with Gasteiger partial charge in [0.15, 0.2) is 0 Å². The molecule has 0 unspecified atom stereocenters. The summed E-state index contributed by atoms with van der Waals surface area (Å²) in [5.74, 6) is 1.02. The van der Waals surface area contributed by atoms with Crippen molar-refractivity contribution >= 4 is 28.3 Å². The maximum Gasteiger partial charge on any atom is 0.143 e. The topological polar surface area (TPSA) is 21.3 Å². The molecule has 1 aromatic carbocycles. The van der Waals surface area contributed by atoms with Gasteiger partial charge in [0.2, 0.25) is 0 Å². The molecule has 2 aliphatic rings. The molecule has 1 aliphatic carbocycles. The number of ether oxygens (including phenoxy) is 1. The molecule has 1 saturated carbocycles. The number of fused-ring (bicyclic) bond motifs is 1. The van der Waals surface area contributed by atoms with E-state index >= 15 is 0 Å². The van der Waals surface area contributed by atoms with Crippen LogP contribution in [0.4, 0.5) is 5.69 Å². The van der Waals surface area contributed by atoms with Crippen LogP contribution in [-0.4, -0.2) is 12.1 Å². The van der Waals surface area contributed by atoms with Crippen molar-refractivity contribution < 1.29 is 4.74 Å². The molecule has 0 amide bonds. The molecule has 0 radical (unpaired) electrons. The Morgan fingerprint density at radius 3 is 3.00 bits per heavy atom. The van der Waals surface area contributed by atoms with Crippen molar-refractivity contribution in [2.75, 3.05) is 11.9 Å². The zero-order chi connectivity index (χ0) is 8.89. The van der Waals surface area contributed by atoms with Crippen molar-refractivity contribution in [3.63, 3.8) is 0 Å². The molecule has 1 fully saturated rings. The lowest BCUT2D eigenvalue weighted by Gasteiger charge is -2.27. The van der Waals surface area contributed by atoms with E-state index in [1.165, 1.54) is 16.4 Å². The van der Waals surface area contributed by atoms with E-state index in [4.69, 9.17) is 4.74 Å². The maximum absolute atomic E-state index is 5.92. The van der Waals surface area contributed by atoms with Gasteiger partial charge in [-0.15, -0.1) is 0 Å². The van der Waals surface area contributed by atoms with Crippen LogP contribution in [0.25, 0.3) is 0 Å². The number of anilines is 1. The SMILES string of the molecule is Ic1ccc2c(c1)NCC1(CC1)O2. The fourth-order valence-corrected chi connectivity index (χ4v) is 2.16. The van der Waals surface area contributed by atoms with Crippen LogP contribution in [0.1, 0.15) is 12.8 Å². The Hall–Kier alpha value is -0.450. The average Bonchev–Trinajstić information content (AvgIpc) is 2.87. The largest absolute Gasteiger partial charge is 0.483 e. The summed E-state index contributed by atoms with van der Waals surface area (Å²) >= 11 is 2.31. The first-order valence-electron chi connectivity index (χ1n) is 4.50. The lowest BCUT2D eigenvalue weighted by molar-refractivity contribution is 0.184. The summed E-state index contributed by atoms with van der Waals surface area (Å²) in [7, 11) is 0. The molecule has 1 aromatic rings. The zero-order valence-electron chi connectivity index (χ0n) is 7.14. The Morgan fingerprint density at radius 1 is 1.38 bits per heavy atom. The van der Waals surface area contributed by atoms with Crippen LogP contribution in [0.15, 0.2) is 18.2 Å². The molecule has 1 N–H and O–H groups in total. The van der Waals surface area contributed by atoms with Gasteiger partial charge >= 0.3 is 0 Å². The summed E-state index contributed by atoms with van der Waals surface area (Å²) in [6, 6.07) is 6.27. The molecule has 0 atom stereocenters. The smallest absolute Gasteiger partial charge is 0.143 e. The second-order valence-electron chi connectivity index (χ2n) is 3.78. The standard InChI is InChI=1S/C10H10INO/c11-7-1-2-9-8(5-7)12-6-10(13-9)3-4-10/h1-2,5,12H,3-4,6H2. The predicted octanol–water partition coefficient (Wildman–Crippen LogP) is 2.63. The van der Waals surface area contributed by atoms with Gasteiger partial charge in [0.25, 0.3) is 0 Å². The quantitative estimate of drug-likeness (QED) is 0.741. The summed E-state index contributed by atoms with van der Waals surface area (Å²) in [6.45, 7) is 0.972. The molecule has 3 heteroatoms. The van der Waals surface area contributed by atoms with Crippen LogP contribution in [0.3, 0.4) is 0 Å². The molecule has 68 valence electrons. The highest BCUT2D eigenvalue weighted by Crippen LogP contribution is 2.45. The third-order valence-electron chi connectivity index (χ3n) is 2.68. The molecular formula is C10H10INO. The highest BCUT2D eigenvalue weighted by molar-refractivity contribution is 14.1. The molecule has 0 bridgehead atoms. The predicted molar refractivity (Wildman–Crippen MR) is 60.2 cm³/mol. The van der Waals surface area contributed by atoms with E-state index in [0.29, 0.717) is 0 Å². The Kier molecular flexibility index (Phi) is 1.54. The van der Waals surface area contributed by atoms with Crippen LogP contribution >= 0.6 is 22.6 Å². The van der Waals surface area contributed by atoms with E-state index in [0.717, 1.165) is 18.0 Å². The molecule has 2 nitrogen and oxygen atoms in total. The van der Waals surface area contributed by atoms with Crippen LogP contribution in [0.5, 0.6) is 5.75 Å². The molecule has 1 heterocycles. The highest BCUT2D eigenvalue weighted by Gasteiger charge is 2.47. The molecule has 3 rings (SSSR count). The van der Waals surface area contributed by atoms with Gasteiger partial charge in [0.1, 0.15) is 11.4 Å². The van der Waals surface area contributed by atoms with E-state index in [1.807, 2.05) is 0 Å². The van der Waals surface area contributed by atoms with Crippen molar-refractivity contribution in [1.82, 2.24) is 0 Å². The first-order valence-corrected chi connectivity index (χ1v) is 5.58. The van der Waals surface area contributed by atoms with Crippen molar-refractivity contribution in [2.45, 2.75) is 18.4 Å². The lowest BCUT2D eigenvalue weighted by atomic mass is 10.2. The van der Waals surface area contributed by atoms with Crippen LogP contribution in [0, 0.1) is 3.57 Å². The molecule has 1 spiro atoms. The van der Waals surface area contributed by atoms with E-state index in [1.54, 1.807) is 0 Å². The fraction of sp³-hybridized carbons (Fsp3) is 0.400. The van der Waals surface area contributed by atoms with E-state index in [-0.39, 0.29) is 5.60 Å². The normalized spacial score (nSPS) is 21.6. The van der Waals surface area contributed by atoms with E-state index in [2.05, 4.69) is 46.1 Å². The second-order valence-corrected chi connectivity index (χ2v) is 5.02. The van der Waals surface area contributed by atoms with Crippen molar-refractivity contribution in [2.24, 2.45) is 0 Å². The Balaban J connectivity index is 2.00. The van der Waals surface area contributed by atoms with Crippen LogP contribution in [0.2, 0.25) is 0 Å². The second kappa shape index (κ2) is 2.53. The van der Waals surface area contributed by atoms with Crippen LogP contribution < -0.4 is 10.1 Å². The van der Waals surface area contributed by atoms with Gasteiger partial charge in [0.05, 0.1) is 12.2 Å². The first-order chi connectivity index (χ1) is 6.27. The third-order valence-corrected chi connectivity index (χ3v) is 3.35. The van der Waals surface area contributed by atoms with Gasteiger partial charge in [-0.3, -0.25) is 0 Å². The average molecular weight is 287 g/mol. The molecule has 1 aliphatic heterocycles. The minimum absolute atomic E-state index is 0.153. The number of hydrogen-bond donors (Lipinski definition) is 1. The Labute approximate surface area is 90.8 Å². The zero-order valence-corrected chi connectivity index (χ0v) is 9.30. The molecule has 0 aromatic heterocycles. The van der Waals surface area contributed by atoms with E-state index < -0.39 is 0 Å². The summed E-state index contributed by atoms with van der Waals surface area (Å²) in [5.41, 5.74) is 1.30. The maximum atomic E-state index is 5.92. The fourth-order valence-electron chi connectivity index (χ4n) is 1.67. The minimum atomic E-state index is 0.153. The number of hydrogen-bond acceptors (Lipinski definition) is 2. The van der Waals surface area contributed by atoms with Crippen molar-refractivity contribution in [3.05, 3.63) is 21.8 Å². The summed E-state index contributed by atoms with van der Waals surface area (Å²) in [5, 5.41) is 3.43. The monoisotopic (exact) mass is 287 g/mol. The number of nitrogens with one attached hydrogen (secondary N) is 1. The highest BCUT2D eigenvalue weighted by atomic mass is 127. The third kappa shape index (κ3) is 1.29. The van der Waals surface area contributed by atoms with Crippen LogP contribution in [-0.2, 0) is 0 Å². The van der Waals surface area contributed by atoms with E-state index in [9.17, 15) is 0 Å². The minimum Gasteiger partial charge on any atom is -0.483 e. The number of benzene rings is 1. The van der Waals surface area contributed by atoms with Gasteiger partial charge in [0, 0.05) is 3.57 Å². The van der Waals surface area contributed by atoms with Gasteiger partial charge in [-0.05, 0) is 53.6 Å². The molecule has 0 saturated heterocycles. The number of rotatable bonds is 0. The molecule has 13 heavy (non-hydrogen) atoms. The summed E-state index contributed by atoms with van der Waals surface area (Å²) in [4.78, 5) is 0. The lowest BCUT2D eigenvalue weighted by Crippen LogP contribution is -2.32.